The minimum Gasteiger partial charge on any atom is -0.304 e. The number of rotatable bonds is 5. The summed E-state index contributed by atoms with van der Waals surface area (Å²) in [4.78, 5) is 7.40. The van der Waals surface area contributed by atoms with Crippen molar-refractivity contribution in [2.75, 3.05) is 20.6 Å². The average Bonchev–Trinajstić information content (AvgIpc) is 2.77. The number of nitrogens with zero attached hydrogens (tertiary/aromatic N) is 4. The summed E-state index contributed by atoms with van der Waals surface area (Å²) in [6.07, 6.45) is -3.30. The summed E-state index contributed by atoms with van der Waals surface area (Å²) < 4.78 is 66.1. The number of halogens is 3. The van der Waals surface area contributed by atoms with Gasteiger partial charge in [0.25, 0.3) is 10.2 Å². The molecule has 22 heavy (non-hydrogen) atoms. The van der Waals surface area contributed by atoms with Gasteiger partial charge in [0, 0.05) is 33.4 Å². The Balaban J connectivity index is 2.30. The van der Waals surface area contributed by atoms with Crippen molar-refractivity contribution in [3.05, 3.63) is 24.2 Å². The van der Waals surface area contributed by atoms with E-state index in [4.69, 9.17) is 0 Å². The van der Waals surface area contributed by atoms with E-state index in [0.717, 1.165) is 8.87 Å². The number of hydrogen-bond donors (Lipinski definition) is 1. The Morgan fingerprint density at radius 2 is 2.05 bits per heavy atom. The minimum absolute atomic E-state index is 0.0545. The average molecular weight is 337 g/mol. The summed E-state index contributed by atoms with van der Waals surface area (Å²) in [5, 5.41) is 0. The minimum atomic E-state index is -4.65. The van der Waals surface area contributed by atoms with E-state index in [1.807, 2.05) is 0 Å². The van der Waals surface area contributed by atoms with Crippen LogP contribution in [0.1, 0.15) is 5.82 Å². The van der Waals surface area contributed by atoms with Gasteiger partial charge in [-0.15, -0.1) is 0 Å². The first-order valence-electron chi connectivity index (χ1n) is 6.18. The summed E-state index contributed by atoms with van der Waals surface area (Å²) in [6.45, 7) is -0.457. The van der Waals surface area contributed by atoms with Crippen LogP contribution in [0.5, 0.6) is 0 Å². The molecular weight excluding hydrogens is 323 g/mol. The maximum atomic E-state index is 13.0. The molecule has 0 bridgehead atoms. The quantitative estimate of drug-likeness (QED) is 0.877. The largest absolute Gasteiger partial charge is 0.449 e. The van der Waals surface area contributed by atoms with Crippen LogP contribution in [-0.4, -0.2) is 47.9 Å². The Morgan fingerprint density at radius 1 is 1.36 bits per heavy atom. The molecular formula is C11H14F3N5O2S. The molecule has 0 saturated heterocycles. The zero-order valence-electron chi connectivity index (χ0n) is 11.8. The second kappa shape index (κ2) is 5.82. The standard InChI is InChI=1S/C11H14F3N5O2S/c1-18(2)22(20,21)16-6-7-19-9-8(4-3-5-15-9)17-10(19)11(12,13)14/h3-5,16H,6-7H2,1-2H3. The van der Waals surface area contributed by atoms with Gasteiger partial charge in [0.2, 0.25) is 5.82 Å². The van der Waals surface area contributed by atoms with E-state index in [2.05, 4.69) is 14.7 Å². The third-order valence-electron chi connectivity index (χ3n) is 2.86. The van der Waals surface area contributed by atoms with Gasteiger partial charge >= 0.3 is 6.18 Å². The Morgan fingerprint density at radius 3 is 2.64 bits per heavy atom. The predicted molar refractivity (Wildman–Crippen MR) is 73.1 cm³/mol. The highest BCUT2D eigenvalue weighted by Gasteiger charge is 2.37. The van der Waals surface area contributed by atoms with Gasteiger partial charge < -0.3 is 4.57 Å². The lowest BCUT2D eigenvalue weighted by atomic mass is 10.4. The van der Waals surface area contributed by atoms with E-state index >= 15 is 0 Å². The van der Waals surface area contributed by atoms with Gasteiger partial charge in [-0.3, -0.25) is 0 Å². The number of alkyl halides is 3. The number of nitrogens with one attached hydrogen (secondary N) is 1. The fraction of sp³-hybridized carbons (Fsp3) is 0.455. The van der Waals surface area contributed by atoms with Crippen molar-refractivity contribution in [1.29, 1.82) is 0 Å². The first-order chi connectivity index (χ1) is 10.1. The smallest absolute Gasteiger partial charge is 0.304 e. The van der Waals surface area contributed by atoms with E-state index in [9.17, 15) is 21.6 Å². The lowest BCUT2D eigenvalue weighted by molar-refractivity contribution is -0.146. The zero-order chi connectivity index (χ0) is 16.5. The number of hydrogen-bond acceptors (Lipinski definition) is 4. The van der Waals surface area contributed by atoms with Crippen molar-refractivity contribution in [2.45, 2.75) is 12.7 Å². The second-order valence-corrected chi connectivity index (χ2v) is 6.58. The Hall–Kier alpha value is -1.72. The molecule has 0 aliphatic carbocycles. The summed E-state index contributed by atoms with van der Waals surface area (Å²) in [5.74, 6) is -1.11. The first-order valence-corrected chi connectivity index (χ1v) is 7.62. The number of aromatic nitrogens is 3. The molecule has 0 unspecified atom stereocenters. The van der Waals surface area contributed by atoms with Crippen molar-refractivity contribution >= 4 is 21.4 Å². The van der Waals surface area contributed by atoms with Crippen LogP contribution in [0.2, 0.25) is 0 Å². The predicted octanol–water partition coefficient (Wildman–Crippen LogP) is 0.846. The Labute approximate surface area is 124 Å². The van der Waals surface area contributed by atoms with Crippen molar-refractivity contribution in [3.63, 3.8) is 0 Å². The zero-order valence-corrected chi connectivity index (χ0v) is 12.6. The summed E-state index contributed by atoms with van der Waals surface area (Å²) >= 11 is 0. The highest BCUT2D eigenvalue weighted by molar-refractivity contribution is 7.87. The van der Waals surface area contributed by atoms with Crippen LogP contribution in [0.3, 0.4) is 0 Å². The summed E-state index contributed by atoms with van der Waals surface area (Å²) in [6, 6.07) is 2.90. The van der Waals surface area contributed by atoms with Crippen LogP contribution in [0, 0.1) is 0 Å². The molecule has 0 fully saturated rings. The van der Waals surface area contributed by atoms with Gasteiger partial charge in [-0.2, -0.15) is 25.9 Å². The van der Waals surface area contributed by atoms with E-state index in [-0.39, 0.29) is 24.3 Å². The molecule has 2 aromatic rings. The summed E-state index contributed by atoms with van der Waals surface area (Å²) in [5.41, 5.74) is 0.157. The van der Waals surface area contributed by atoms with Crippen molar-refractivity contribution < 1.29 is 21.6 Å². The second-order valence-electron chi connectivity index (χ2n) is 4.61. The van der Waals surface area contributed by atoms with Gasteiger partial charge in [0.05, 0.1) is 0 Å². The molecule has 0 aliphatic rings. The molecule has 0 spiro atoms. The highest BCUT2D eigenvalue weighted by Crippen LogP contribution is 2.30. The van der Waals surface area contributed by atoms with Crippen molar-refractivity contribution in [1.82, 2.24) is 23.6 Å². The van der Waals surface area contributed by atoms with Crippen LogP contribution >= 0.6 is 0 Å². The van der Waals surface area contributed by atoms with Crippen molar-refractivity contribution in [3.8, 4) is 0 Å². The monoisotopic (exact) mass is 337 g/mol. The highest BCUT2D eigenvalue weighted by atomic mass is 32.2. The molecule has 122 valence electrons. The number of pyridine rings is 1. The van der Waals surface area contributed by atoms with Gasteiger partial charge in [-0.25, -0.2) is 14.7 Å². The van der Waals surface area contributed by atoms with E-state index in [1.165, 1.54) is 32.4 Å². The molecule has 7 nitrogen and oxygen atoms in total. The van der Waals surface area contributed by atoms with Crippen LogP contribution in [0.25, 0.3) is 11.2 Å². The fourth-order valence-corrected chi connectivity index (χ4v) is 2.41. The number of fused-ring (bicyclic) bond motifs is 1. The third kappa shape index (κ3) is 3.36. The molecule has 0 aliphatic heterocycles. The fourth-order valence-electron chi connectivity index (χ4n) is 1.80. The molecule has 2 aromatic heterocycles. The lowest BCUT2D eigenvalue weighted by Crippen LogP contribution is -2.37. The normalized spacial score (nSPS) is 13.2. The molecule has 0 aromatic carbocycles. The SMILES string of the molecule is CN(C)S(=O)(=O)NCCn1c(C(F)(F)F)nc2cccnc21. The molecule has 0 atom stereocenters. The maximum Gasteiger partial charge on any atom is 0.449 e. The third-order valence-corrected chi connectivity index (χ3v) is 4.39. The first kappa shape index (κ1) is 16.6. The topological polar surface area (TPSA) is 80.1 Å². The molecule has 0 saturated carbocycles. The lowest BCUT2D eigenvalue weighted by Gasteiger charge is -2.14. The van der Waals surface area contributed by atoms with Gasteiger partial charge in [0.1, 0.15) is 5.52 Å². The molecule has 1 N–H and O–H groups in total. The van der Waals surface area contributed by atoms with Gasteiger partial charge in [-0.1, -0.05) is 0 Å². The molecule has 2 heterocycles. The summed E-state index contributed by atoms with van der Waals surface area (Å²) in [7, 11) is -1.07. The van der Waals surface area contributed by atoms with Crippen LogP contribution in [0.4, 0.5) is 13.2 Å². The van der Waals surface area contributed by atoms with Crippen molar-refractivity contribution in [2.24, 2.45) is 0 Å². The van der Waals surface area contributed by atoms with E-state index in [0.29, 0.717) is 0 Å². The molecule has 0 radical (unpaired) electrons. The molecule has 11 heteroatoms. The van der Waals surface area contributed by atoms with E-state index < -0.39 is 22.2 Å². The maximum absolute atomic E-state index is 13.0. The molecule has 2 rings (SSSR count). The van der Waals surface area contributed by atoms with E-state index in [1.54, 1.807) is 0 Å². The van der Waals surface area contributed by atoms with Crippen LogP contribution in [-0.2, 0) is 22.9 Å². The van der Waals surface area contributed by atoms with Gasteiger partial charge in [-0.05, 0) is 12.1 Å². The number of imidazole rings is 1. The molecule has 0 amide bonds. The van der Waals surface area contributed by atoms with Gasteiger partial charge in [0.15, 0.2) is 5.65 Å². The van der Waals surface area contributed by atoms with Crippen LogP contribution < -0.4 is 4.72 Å². The Kier molecular flexibility index (Phi) is 4.40. The van der Waals surface area contributed by atoms with Crippen LogP contribution in [0.15, 0.2) is 18.3 Å². The Bertz CT molecular complexity index is 770.